The van der Waals surface area contributed by atoms with Crippen molar-refractivity contribution in [2.24, 2.45) is 5.92 Å². The SMILES string of the molecule is CCC1OCCC1CNS(=O)(=O)c1cccc(N)c1C. The lowest BCUT2D eigenvalue weighted by Crippen LogP contribution is -2.33. The van der Waals surface area contributed by atoms with Crippen LogP contribution >= 0.6 is 0 Å². The van der Waals surface area contributed by atoms with E-state index in [1.54, 1.807) is 25.1 Å². The number of anilines is 1. The largest absolute Gasteiger partial charge is 0.398 e. The molecular formula is C14H22N2O3S. The Morgan fingerprint density at radius 2 is 2.20 bits per heavy atom. The maximum Gasteiger partial charge on any atom is 0.240 e. The highest BCUT2D eigenvalue weighted by Crippen LogP contribution is 2.24. The molecule has 2 rings (SSSR count). The number of benzene rings is 1. The molecule has 1 aliphatic rings. The van der Waals surface area contributed by atoms with Crippen LogP contribution in [0, 0.1) is 12.8 Å². The van der Waals surface area contributed by atoms with Gasteiger partial charge in [-0.15, -0.1) is 0 Å². The molecule has 1 saturated heterocycles. The Morgan fingerprint density at radius 1 is 1.45 bits per heavy atom. The molecule has 1 aromatic rings. The molecule has 1 heterocycles. The summed E-state index contributed by atoms with van der Waals surface area (Å²) in [5.41, 5.74) is 6.85. The fourth-order valence-corrected chi connectivity index (χ4v) is 3.96. The van der Waals surface area contributed by atoms with Crippen LogP contribution < -0.4 is 10.5 Å². The number of hydrogen-bond acceptors (Lipinski definition) is 4. The minimum absolute atomic E-state index is 0.152. The van der Waals surface area contributed by atoms with Crippen LogP contribution in [-0.2, 0) is 14.8 Å². The standard InChI is InChI=1S/C14H22N2O3S/c1-3-13-11(7-8-19-13)9-16-20(17,18)14-6-4-5-12(15)10(14)2/h4-6,11,13,16H,3,7-9,15H2,1-2H3. The van der Waals surface area contributed by atoms with Gasteiger partial charge in [0.15, 0.2) is 0 Å². The van der Waals surface area contributed by atoms with Crippen LogP contribution in [0.1, 0.15) is 25.3 Å². The maximum atomic E-state index is 12.3. The average molecular weight is 298 g/mol. The number of hydrogen-bond donors (Lipinski definition) is 2. The molecule has 1 aromatic carbocycles. The maximum absolute atomic E-state index is 12.3. The Labute approximate surface area is 120 Å². The first-order valence-corrected chi connectivity index (χ1v) is 8.40. The summed E-state index contributed by atoms with van der Waals surface area (Å²) in [6.45, 7) is 4.90. The van der Waals surface area contributed by atoms with Gasteiger partial charge in [-0.3, -0.25) is 0 Å². The summed E-state index contributed by atoms with van der Waals surface area (Å²) in [6.07, 6.45) is 1.96. The van der Waals surface area contributed by atoms with Crippen molar-refractivity contribution in [1.29, 1.82) is 0 Å². The van der Waals surface area contributed by atoms with Crippen LogP contribution in [0.4, 0.5) is 5.69 Å². The van der Waals surface area contributed by atoms with Crippen LogP contribution in [0.15, 0.2) is 23.1 Å². The minimum atomic E-state index is -3.52. The van der Waals surface area contributed by atoms with Gasteiger partial charge in [0, 0.05) is 24.8 Å². The monoisotopic (exact) mass is 298 g/mol. The molecular weight excluding hydrogens is 276 g/mol. The molecule has 6 heteroatoms. The first-order chi connectivity index (χ1) is 9.45. The smallest absolute Gasteiger partial charge is 0.240 e. The minimum Gasteiger partial charge on any atom is -0.398 e. The molecule has 0 aliphatic carbocycles. The molecule has 1 aliphatic heterocycles. The molecule has 0 saturated carbocycles. The second kappa shape index (κ2) is 6.11. The lowest BCUT2D eigenvalue weighted by molar-refractivity contribution is 0.0884. The zero-order valence-electron chi connectivity index (χ0n) is 11.9. The summed E-state index contributed by atoms with van der Waals surface area (Å²) in [4.78, 5) is 0.254. The van der Waals surface area contributed by atoms with Gasteiger partial charge in [-0.1, -0.05) is 13.0 Å². The van der Waals surface area contributed by atoms with Crippen molar-refractivity contribution >= 4 is 15.7 Å². The molecule has 20 heavy (non-hydrogen) atoms. The van der Waals surface area contributed by atoms with E-state index < -0.39 is 10.0 Å². The third-order valence-corrected chi connectivity index (χ3v) is 5.47. The van der Waals surface area contributed by atoms with Crippen molar-refractivity contribution in [2.75, 3.05) is 18.9 Å². The van der Waals surface area contributed by atoms with Gasteiger partial charge >= 0.3 is 0 Å². The van der Waals surface area contributed by atoms with E-state index in [1.165, 1.54) is 0 Å². The summed E-state index contributed by atoms with van der Waals surface area (Å²) < 4.78 is 33.0. The summed E-state index contributed by atoms with van der Waals surface area (Å²) >= 11 is 0. The fraction of sp³-hybridized carbons (Fsp3) is 0.571. The van der Waals surface area contributed by atoms with Crippen molar-refractivity contribution in [3.05, 3.63) is 23.8 Å². The van der Waals surface area contributed by atoms with Crippen LogP contribution in [0.5, 0.6) is 0 Å². The normalized spacial score (nSPS) is 23.1. The van der Waals surface area contributed by atoms with Crippen molar-refractivity contribution in [2.45, 2.75) is 37.7 Å². The quantitative estimate of drug-likeness (QED) is 0.810. The Kier molecular flexibility index (Phi) is 4.67. The number of nitrogens with one attached hydrogen (secondary N) is 1. The number of rotatable bonds is 5. The van der Waals surface area contributed by atoms with Gasteiger partial charge < -0.3 is 10.5 Å². The highest BCUT2D eigenvalue weighted by Gasteiger charge is 2.28. The van der Waals surface area contributed by atoms with Gasteiger partial charge in [0.1, 0.15) is 0 Å². The van der Waals surface area contributed by atoms with E-state index in [4.69, 9.17) is 10.5 Å². The van der Waals surface area contributed by atoms with Crippen molar-refractivity contribution < 1.29 is 13.2 Å². The van der Waals surface area contributed by atoms with Crippen molar-refractivity contribution in [3.8, 4) is 0 Å². The van der Waals surface area contributed by atoms with Crippen molar-refractivity contribution in [1.82, 2.24) is 4.72 Å². The van der Waals surface area contributed by atoms with E-state index in [0.29, 0.717) is 24.4 Å². The summed E-state index contributed by atoms with van der Waals surface area (Å²) in [7, 11) is -3.52. The van der Waals surface area contributed by atoms with Crippen LogP contribution in [-0.4, -0.2) is 27.7 Å². The molecule has 112 valence electrons. The molecule has 5 nitrogen and oxygen atoms in total. The van der Waals surface area contributed by atoms with E-state index in [2.05, 4.69) is 11.6 Å². The first kappa shape index (κ1) is 15.3. The second-order valence-corrected chi connectivity index (χ2v) is 6.92. The van der Waals surface area contributed by atoms with Gasteiger partial charge in [-0.05, 0) is 37.5 Å². The number of nitrogen functional groups attached to an aromatic ring is 1. The molecule has 0 radical (unpaired) electrons. The molecule has 1 fully saturated rings. The molecule has 2 atom stereocenters. The van der Waals surface area contributed by atoms with E-state index >= 15 is 0 Å². The molecule has 0 amide bonds. The lowest BCUT2D eigenvalue weighted by atomic mass is 10.0. The molecule has 0 aromatic heterocycles. The van der Waals surface area contributed by atoms with E-state index in [9.17, 15) is 8.42 Å². The van der Waals surface area contributed by atoms with Crippen LogP contribution in [0.25, 0.3) is 0 Å². The predicted molar refractivity (Wildman–Crippen MR) is 78.9 cm³/mol. The molecule has 2 unspecified atom stereocenters. The third-order valence-electron chi connectivity index (χ3n) is 3.90. The zero-order chi connectivity index (χ0) is 14.8. The third kappa shape index (κ3) is 3.13. The van der Waals surface area contributed by atoms with Crippen LogP contribution in [0.3, 0.4) is 0 Å². The molecule has 0 bridgehead atoms. The second-order valence-electron chi connectivity index (χ2n) is 5.19. The van der Waals surface area contributed by atoms with Gasteiger partial charge in [-0.2, -0.15) is 0 Å². The Hall–Kier alpha value is -1.11. The fourth-order valence-electron chi connectivity index (χ4n) is 2.59. The summed E-state index contributed by atoms with van der Waals surface area (Å²) in [5, 5.41) is 0. The predicted octanol–water partition coefficient (Wildman–Crippen LogP) is 1.67. The van der Waals surface area contributed by atoms with Crippen LogP contribution in [0.2, 0.25) is 0 Å². The Bertz CT molecular complexity index is 572. The van der Waals surface area contributed by atoms with Gasteiger partial charge in [0.05, 0.1) is 11.0 Å². The van der Waals surface area contributed by atoms with Crippen molar-refractivity contribution in [3.63, 3.8) is 0 Å². The van der Waals surface area contributed by atoms with E-state index in [1.807, 2.05) is 0 Å². The molecule has 3 N–H and O–H groups in total. The van der Waals surface area contributed by atoms with Gasteiger partial charge in [0.2, 0.25) is 10.0 Å². The summed E-state index contributed by atoms with van der Waals surface area (Å²) in [5.74, 6) is 0.246. The summed E-state index contributed by atoms with van der Waals surface area (Å²) in [6, 6.07) is 4.94. The van der Waals surface area contributed by atoms with Gasteiger partial charge in [-0.25, -0.2) is 13.1 Å². The van der Waals surface area contributed by atoms with E-state index in [0.717, 1.165) is 12.8 Å². The number of ether oxygens (including phenoxy) is 1. The highest BCUT2D eigenvalue weighted by atomic mass is 32.2. The number of sulfonamides is 1. The number of nitrogens with two attached hydrogens (primary N) is 1. The topological polar surface area (TPSA) is 81.4 Å². The first-order valence-electron chi connectivity index (χ1n) is 6.92. The van der Waals surface area contributed by atoms with Gasteiger partial charge in [0.25, 0.3) is 0 Å². The lowest BCUT2D eigenvalue weighted by Gasteiger charge is -2.18. The van der Waals surface area contributed by atoms with E-state index in [-0.39, 0.29) is 16.9 Å². The zero-order valence-corrected chi connectivity index (χ0v) is 12.7. The average Bonchev–Trinajstić information content (AvgIpc) is 2.87. The highest BCUT2D eigenvalue weighted by molar-refractivity contribution is 7.89. The Balaban J connectivity index is 2.10. The Morgan fingerprint density at radius 3 is 2.90 bits per heavy atom. The molecule has 0 spiro atoms.